The Hall–Kier alpha value is -3.96. The fourth-order valence-electron chi connectivity index (χ4n) is 4.34. The summed E-state index contributed by atoms with van der Waals surface area (Å²) in [6.07, 6.45) is 7.16. The van der Waals surface area contributed by atoms with Crippen molar-refractivity contribution in [1.29, 1.82) is 5.26 Å². The van der Waals surface area contributed by atoms with E-state index in [2.05, 4.69) is 20.9 Å². The second-order valence-corrected chi connectivity index (χ2v) is 8.09. The molecule has 0 saturated carbocycles. The summed E-state index contributed by atoms with van der Waals surface area (Å²) in [5.74, 6) is 0.579. The molecule has 160 valence electrons. The van der Waals surface area contributed by atoms with Crippen molar-refractivity contribution in [2.75, 3.05) is 18.0 Å². The van der Waals surface area contributed by atoms with Gasteiger partial charge in [-0.05, 0) is 30.5 Å². The maximum absolute atomic E-state index is 13.7. The lowest BCUT2D eigenvalue weighted by Gasteiger charge is -2.33. The standard InChI is InChI=1S/C24H23N7O/c25-11-16-5-1-2-6-18(16)14-31-23(32)22-21(20(13-28-22)17-7-3-9-27-12-17)29-24(31)30-10-4-8-19(26)15-30/h1-3,5-7,9,12-13,19,28H,4,8,10,14-15,26H2/t19-/m1/s1. The highest BCUT2D eigenvalue weighted by Gasteiger charge is 2.24. The molecular weight excluding hydrogens is 402 g/mol. The van der Waals surface area contributed by atoms with E-state index in [4.69, 9.17) is 10.7 Å². The number of anilines is 1. The molecule has 8 heteroatoms. The van der Waals surface area contributed by atoms with E-state index in [0.717, 1.165) is 36.1 Å². The van der Waals surface area contributed by atoms with Crippen molar-refractivity contribution >= 4 is 17.0 Å². The third-order valence-corrected chi connectivity index (χ3v) is 5.94. The van der Waals surface area contributed by atoms with Gasteiger partial charge >= 0.3 is 0 Å². The van der Waals surface area contributed by atoms with Gasteiger partial charge in [0.25, 0.3) is 5.56 Å². The number of aromatic amines is 1. The number of aromatic nitrogens is 4. The number of fused-ring (bicyclic) bond motifs is 1. The number of rotatable bonds is 4. The van der Waals surface area contributed by atoms with Crippen molar-refractivity contribution in [3.63, 3.8) is 0 Å². The monoisotopic (exact) mass is 425 g/mol. The lowest BCUT2D eigenvalue weighted by Crippen LogP contribution is -2.45. The average molecular weight is 425 g/mol. The van der Waals surface area contributed by atoms with Crippen LogP contribution in [0.1, 0.15) is 24.0 Å². The molecule has 4 aromatic rings. The molecule has 1 aliphatic heterocycles. The molecule has 1 saturated heterocycles. The number of hydrogen-bond donors (Lipinski definition) is 2. The van der Waals surface area contributed by atoms with Gasteiger partial charge in [0.15, 0.2) is 0 Å². The normalized spacial score (nSPS) is 16.2. The van der Waals surface area contributed by atoms with Crippen molar-refractivity contribution in [3.8, 4) is 17.2 Å². The van der Waals surface area contributed by atoms with Crippen LogP contribution < -0.4 is 16.2 Å². The number of nitrogens with two attached hydrogens (primary N) is 1. The maximum atomic E-state index is 13.7. The van der Waals surface area contributed by atoms with Crippen LogP contribution in [0.4, 0.5) is 5.95 Å². The van der Waals surface area contributed by atoms with E-state index in [9.17, 15) is 10.1 Å². The van der Waals surface area contributed by atoms with Gasteiger partial charge in [0, 0.05) is 48.8 Å². The minimum atomic E-state index is -0.174. The van der Waals surface area contributed by atoms with E-state index < -0.39 is 0 Å². The zero-order chi connectivity index (χ0) is 22.1. The lowest BCUT2D eigenvalue weighted by molar-refractivity contribution is 0.492. The summed E-state index contributed by atoms with van der Waals surface area (Å²) in [5, 5.41) is 9.53. The van der Waals surface area contributed by atoms with Crippen LogP contribution in [-0.4, -0.2) is 38.7 Å². The first-order chi connectivity index (χ1) is 15.7. The predicted molar refractivity (Wildman–Crippen MR) is 123 cm³/mol. The molecule has 3 N–H and O–H groups in total. The number of piperidine rings is 1. The molecule has 0 radical (unpaired) electrons. The van der Waals surface area contributed by atoms with E-state index in [1.807, 2.05) is 30.3 Å². The molecule has 1 fully saturated rings. The number of nitrogens with one attached hydrogen (secondary N) is 1. The molecule has 5 rings (SSSR count). The second-order valence-electron chi connectivity index (χ2n) is 8.09. The van der Waals surface area contributed by atoms with Gasteiger partial charge in [-0.25, -0.2) is 4.98 Å². The summed E-state index contributed by atoms with van der Waals surface area (Å²) in [4.78, 5) is 28.0. The first-order valence-corrected chi connectivity index (χ1v) is 10.7. The molecule has 8 nitrogen and oxygen atoms in total. The van der Waals surface area contributed by atoms with Gasteiger partial charge < -0.3 is 15.6 Å². The molecule has 32 heavy (non-hydrogen) atoms. The van der Waals surface area contributed by atoms with E-state index in [1.54, 1.807) is 29.2 Å². The smallest absolute Gasteiger partial charge is 0.279 e. The SMILES string of the molecule is N#Cc1ccccc1Cn1c(N2CCC[C@@H](N)C2)nc2c(-c3cccnc3)c[nH]c2c1=O. The van der Waals surface area contributed by atoms with Gasteiger partial charge in [0.05, 0.1) is 18.2 Å². The predicted octanol–water partition coefficient (Wildman–Crippen LogP) is 2.63. The van der Waals surface area contributed by atoms with Crippen LogP contribution in [0, 0.1) is 11.3 Å². The van der Waals surface area contributed by atoms with Gasteiger partial charge in [0.1, 0.15) is 11.0 Å². The van der Waals surface area contributed by atoms with Crippen LogP contribution in [0.3, 0.4) is 0 Å². The Labute approximate surface area is 185 Å². The van der Waals surface area contributed by atoms with Crippen LogP contribution >= 0.6 is 0 Å². The number of hydrogen-bond acceptors (Lipinski definition) is 6. The average Bonchev–Trinajstić information content (AvgIpc) is 3.26. The van der Waals surface area contributed by atoms with E-state index >= 15 is 0 Å². The number of nitriles is 1. The molecule has 0 bridgehead atoms. The molecule has 1 aliphatic rings. The summed E-state index contributed by atoms with van der Waals surface area (Å²) in [6, 6.07) is 13.4. The highest BCUT2D eigenvalue weighted by Crippen LogP contribution is 2.28. The molecule has 1 atom stereocenters. The highest BCUT2D eigenvalue weighted by molar-refractivity contribution is 5.92. The van der Waals surface area contributed by atoms with E-state index in [0.29, 0.717) is 29.1 Å². The minimum Gasteiger partial charge on any atom is -0.355 e. The molecule has 0 amide bonds. The van der Waals surface area contributed by atoms with Crippen molar-refractivity contribution in [1.82, 2.24) is 19.5 Å². The van der Waals surface area contributed by atoms with Gasteiger partial charge in [-0.3, -0.25) is 14.3 Å². The Kier molecular flexibility index (Phi) is 5.17. The number of nitrogens with zero attached hydrogens (tertiary/aromatic N) is 5. The van der Waals surface area contributed by atoms with Crippen LogP contribution in [0.2, 0.25) is 0 Å². The third kappa shape index (κ3) is 3.53. The highest BCUT2D eigenvalue weighted by atomic mass is 16.1. The number of H-pyrrole nitrogens is 1. The summed E-state index contributed by atoms with van der Waals surface area (Å²) < 4.78 is 1.65. The Balaban J connectivity index is 1.71. The lowest BCUT2D eigenvalue weighted by atomic mass is 10.1. The zero-order valence-electron chi connectivity index (χ0n) is 17.5. The topological polar surface area (TPSA) is 117 Å². The van der Waals surface area contributed by atoms with Crippen molar-refractivity contribution in [3.05, 3.63) is 76.5 Å². The van der Waals surface area contributed by atoms with E-state index in [1.165, 1.54) is 0 Å². The first-order valence-electron chi connectivity index (χ1n) is 10.7. The Morgan fingerprint density at radius 2 is 2.12 bits per heavy atom. The van der Waals surface area contributed by atoms with Crippen LogP contribution in [-0.2, 0) is 6.54 Å². The van der Waals surface area contributed by atoms with Crippen molar-refractivity contribution in [2.24, 2.45) is 5.73 Å². The summed E-state index contributed by atoms with van der Waals surface area (Å²) in [7, 11) is 0. The number of benzene rings is 1. The largest absolute Gasteiger partial charge is 0.355 e. The quantitative estimate of drug-likeness (QED) is 0.519. The first kappa shape index (κ1) is 20.0. The molecule has 0 aliphatic carbocycles. The Bertz CT molecular complexity index is 1370. The zero-order valence-corrected chi connectivity index (χ0v) is 17.5. The Morgan fingerprint density at radius 3 is 2.91 bits per heavy atom. The molecule has 0 spiro atoms. The Morgan fingerprint density at radius 1 is 1.25 bits per heavy atom. The molecule has 3 aromatic heterocycles. The fraction of sp³-hybridized carbons (Fsp3) is 0.250. The van der Waals surface area contributed by atoms with Crippen LogP contribution in [0.15, 0.2) is 59.8 Å². The van der Waals surface area contributed by atoms with Gasteiger partial charge in [-0.15, -0.1) is 0 Å². The van der Waals surface area contributed by atoms with Gasteiger partial charge in [-0.1, -0.05) is 24.3 Å². The number of pyridine rings is 1. The van der Waals surface area contributed by atoms with Gasteiger partial charge in [0.2, 0.25) is 5.95 Å². The summed E-state index contributed by atoms with van der Waals surface area (Å²) in [6.45, 7) is 1.66. The second kappa shape index (κ2) is 8.29. The van der Waals surface area contributed by atoms with Crippen molar-refractivity contribution < 1.29 is 0 Å². The van der Waals surface area contributed by atoms with Crippen LogP contribution in [0.25, 0.3) is 22.2 Å². The summed E-state index contributed by atoms with van der Waals surface area (Å²) in [5.41, 5.74) is 10.2. The molecule has 1 aromatic carbocycles. The van der Waals surface area contributed by atoms with Gasteiger partial charge in [-0.2, -0.15) is 5.26 Å². The van der Waals surface area contributed by atoms with Crippen molar-refractivity contribution in [2.45, 2.75) is 25.4 Å². The van der Waals surface area contributed by atoms with Crippen LogP contribution in [0.5, 0.6) is 0 Å². The third-order valence-electron chi connectivity index (χ3n) is 5.94. The summed E-state index contributed by atoms with van der Waals surface area (Å²) >= 11 is 0. The molecule has 0 unspecified atom stereocenters. The molecule has 4 heterocycles. The minimum absolute atomic E-state index is 0.0280. The fourth-order valence-corrected chi connectivity index (χ4v) is 4.34. The molecular formula is C24H23N7O. The van der Waals surface area contributed by atoms with E-state index in [-0.39, 0.29) is 18.1 Å². The maximum Gasteiger partial charge on any atom is 0.279 e.